The van der Waals surface area contributed by atoms with Crippen LogP contribution in [-0.2, 0) is 10.2 Å². The highest BCUT2D eigenvalue weighted by Gasteiger charge is 2.49. The van der Waals surface area contributed by atoms with Gasteiger partial charge in [-0.05, 0) is 38.1 Å². The SMILES string of the molecule is CNC[C@H](O)[C@H](c1ccccc1)N1C(=O)C(C)(C)c2cccc(F)c21.Cl. The fraction of sp³-hybridized carbons (Fsp3) is 0.350. The molecule has 0 aromatic heterocycles. The Hall–Kier alpha value is -1.95. The maximum absolute atomic E-state index is 14.7. The van der Waals surface area contributed by atoms with Crippen LogP contribution in [-0.4, -0.2) is 30.7 Å². The number of aliphatic hydroxyl groups is 1. The van der Waals surface area contributed by atoms with E-state index in [0.29, 0.717) is 5.56 Å². The average molecular weight is 379 g/mol. The number of likely N-dealkylation sites (N-methyl/N-ethyl adjacent to an activating group) is 1. The van der Waals surface area contributed by atoms with Gasteiger partial charge in [0.1, 0.15) is 5.82 Å². The Labute approximate surface area is 159 Å². The number of halogens is 2. The Morgan fingerprint density at radius 3 is 2.42 bits per heavy atom. The van der Waals surface area contributed by atoms with Crippen molar-refractivity contribution in [1.82, 2.24) is 5.32 Å². The molecule has 3 rings (SSSR count). The van der Waals surface area contributed by atoms with Crippen molar-refractivity contribution in [3.05, 3.63) is 65.5 Å². The molecule has 0 saturated heterocycles. The molecular formula is C20H24ClFN2O2. The molecule has 1 amide bonds. The molecule has 0 bridgehead atoms. The lowest BCUT2D eigenvalue weighted by molar-refractivity contribution is -0.123. The summed E-state index contributed by atoms with van der Waals surface area (Å²) in [5.74, 6) is -0.661. The number of benzene rings is 2. The predicted octanol–water partition coefficient (Wildman–Crippen LogP) is 3.19. The molecule has 26 heavy (non-hydrogen) atoms. The van der Waals surface area contributed by atoms with Crippen molar-refractivity contribution in [1.29, 1.82) is 0 Å². The summed E-state index contributed by atoms with van der Waals surface area (Å²) in [6.07, 6.45) is -0.877. The lowest BCUT2D eigenvalue weighted by Gasteiger charge is -2.34. The molecule has 2 aromatic carbocycles. The third-order valence-corrected chi connectivity index (χ3v) is 4.85. The van der Waals surface area contributed by atoms with Gasteiger partial charge in [0.05, 0.1) is 23.2 Å². The molecule has 0 spiro atoms. The fourth-order valence-electron chi connectivity index (χ4n) is 3.56. The highest BCUT2D eigenvalue weighted by atomic mass is 35.5. The van der Waals surface area contributed by atoms with Crippen LogP contribution in [0, 0.1) is 5.82 Å². The number of hydrogen-bond acceptors (Lipinski definition) is 3. The predicted molar refractivity (Wildman–Crippen MR) is 103 cm³/mol. The van der Waals surface area contributed by atoms with E-state index in [2.05, 4.69) is 5.32 Å². The number of nitrogens with zero attached hydrogens (tertiary/aromatic N) is 1. The molecule has 4 nitrogen and oxygen atoms in total. The normalized spacial score (nSPS) is 17.4. The van der Waals surface area contributed by atoms with Gasteiger partial charge in [0, 0.05) is 6.54 Å². The largest absolute Gasteiger partial charge is 0.389 e. The van der Waals surface area contributed by atoms with Crippen LogP contribution in [0.1, 0.15) is 31.0 Å². The smallest absolute Gasteiger partial charge is 0.237 e. The van der Waals surface area contributed by atoms with Crippen molar-refractivity contribution in [2.75, 3.05) is 18.5 Å². The third kappa shape index (κ3) is 3.22. The van der Waals surface area contributed by atoms with Gasteiger partial charge in [0.2, 0.25) is 5.91 Å². The second kappa shape index (κ2) is 7.74. The highest BCUT2D eigenvalue weighted by Crippen LogP contribution is 2.47. The molecule has 6 heteroatoms. The number of rotatable bonds is 5. The molecule has 0 unspecified atom stereocenters. The Morgan fingerprint density at radius 1 is 1.15 bits per heavy atom. The second-order valence-electron chi connectivity index (χ2n) is 6.92. The highest BCUT2D eigenvalue weighted by molar-refractivity contribution is 6.08. The number of carbonyl (C=O) groups is 1. The van der Waals surface area contributed by atoms with Crippen molar-refractivity contribution in [3.63, 3.8) is 0 Å². The van der Waals surface area contributed by atoms with Crippen LogP contribution in [0.25, 0.3) is 0 Å². The maximum atomic E-state index is 14.7. The summed E-state index contributed by atoms with van der Waals surface area (Å²) in [4.78, 5) is 14.6. The molecule has 0 fully saturated rings. The van der Waals surface area contributed by atoms with Crippen LogP contribution < -0.4 is 10.2 Å². The van der Waals surface area contributed by atoms with Gasteiger partial charge in [0.25, 0.3) is 0 Å². The molecule has 1 aliphatic heterocycles. The van der Waals surface area contributed by atoms with E-state index < -0.39 is 23.4 Å². The first kappa shape index (κ1) is 20.4. The maximum Gasteiger partial charge on any atom is 0.237 e. The summed E-state index contributed by atoms with van der Waals surface area (Å²) >= 11 is 0. The Bertz CT molecular complexity index is 783. The number of carbonyl (C=O) groups excluding carboxylic acids is 1. The number of fused-ring (bicyclic) bond motifs is 1. The van der Waals surface area contributed by atoms with E-state index in [1.165, 1.54) is 11.0 Å². The van der Waals surface area contributed by atoms with Crippen LogP contribution in [0.2, 0.25) is 0 Å². The van der Waals surface area contributed by atoms with Crippen molar-refractivity contribution < 1.29 is 14.3 Å². The van der Waals surface area contributed by atoms with E-state index in [1.807, 2.05) is 30.3 Å². The van der Waals surface area contributed by atoms with E-state index in [-0.39, 0.29) is 30.5 Å². The zero-order chi connectivity index (χ0) is 18.2. The summed E-state index contributed by atoms with van der Waals surface area (Å²) in [6.45, 7) is 3.87. The summed E-state index contributed by atoms with van der Waals surface area (Å²) in [7, 11) is 1.73. The summed E-state index contributed by atoms with van der Waals surface area (Å²) in [6, 6.07) is 13.4. The Kier molecular flexibility index (Phi) is 6.06. The number of anilines is 1. The van der Waals surface area contributed by atoms with Gasteiger partial charge in [0.15, 0.2) is 0 Å². The number of para-hydroxylation sites is 1. The molecule has 0 aliphatic carbocycles. The van der Waals surface area contributed by atoms with Crippen LogP contribution in [0.4, 0.5) is 10.1 Å². The van der Waals surface area contributed by atoms with E-state index in [1.54, 1.807) is 33.0 Å². The third-order valence-electron chi connectivity index (χ3n) is 4.85. The number of aliphatic hydroxyl groups excluding tert-OH is 1. The van der Waals surface area contributed by atoms with Crippen LogP contribution in [0.5, 0.6) is 0 Å². The molecular weight excluding hydrogens is 355 g/mol. The molecule has 2 N–H and O–H groups in total. The van der Waals surface area contributed by atoms with Crippen molar-refractivity contribution >= 4 is 24.0 Å². The van der Waals surface area contributed by atoms with Crippen molar-refractivity contribution in [2.24, 2.45) is 0 Å². The van der Waals surface area contributed by atoms with Crippen LogP contribution in [0.15, 0.2) is 48.5 Å². The van der Waals surface area contributed by atoms with Gasteiger partial charge in [-0.25, -0.2) is 4.39 Å². The molecule has 1 aliphatic rings. The first-order valence-electron chi connectivity index (χ1n) is 8.40. The van der Waals surface area contributed by atoms with E-state index in [0.717, 1.165) is 5.56 Å². The lowest BCUT2D eigenvalue weighted by Crippen LogP contribution is -2.45. The zero-order valence-electron chi connectivity index (χ0n) is 15.1. The second-order valence-corrected chi connectivity index (χ2v) is 6.92. The average Bonchev–Trinajstić information content (AvgIpc) is 2.79. The minimum Gasteiger partial charge on any atom is -0.389 e. The fourth-order valence-corrected chi connectivity index (χ4v) is 3.56. The quantitative estimate of drug-likeness (QED) is 0.840. The standard InChI is InChI=1S/C20H23FN2O2.ClH/c1-20(2)14-10-7-11-15(21)18(14)23(19(20)25)17(16(24)12-22-3)13-8-5-4-6-9-13;/h4-11,16-17,22,24H,12H2,1-3H3;1H/t16-,17-;/m0./s1. The van der Waals surface area contributed by atoms with Gasteiger partial charge in [-0.2, -0.15) is 0 Å². The molecule has 1 heterocycles. The minimum atomic E-state index is -0.877. The van der Waals surface area contributed by atoms with Crippen molar-refractivity contribution in [3.8, 4) is 0 Å². The van der Waals surface area contributed by atoms with Gasteiger partial charge in [-0.15, -0.1) is 12.4 Å². The van der Waals surface area contributed by atoms with E-state index in [9.17, 15) is 14.3 Å². The number of amides is 1. The summed E-state index contributed by atoms with van der Waals surface area (Å²) in [5.41, 5.74) is 0.839. The summed E-state index contributed by atoms with van der Waals surface area (Å²) in [5, 5.41) is 13.7. The number of hydrogen-bond donors (Lipinski definition) is 2. The first-order chi connectivity index (χ1) is 11.9. The number of nitrogens with one attached hydrogen (secondary N) is 1. The zero-order valence-corrected chi connectivity index (χ0v) is 15.9. The van der Waals surface area contributed by atoms with E-state index >= 15 is 0 Å². The van der Waals surface area contributed by atoms with Gasteiger partial charge in [-0.1, -0.05) is 42.5 Å². The van der Waals surface area contributed by atoms with Gasteiger partial charge in [-0.3, -0.25) is 9.69 Å². The van der Waals surface area contributed by atoms with E-state index in [4.69, 9.17) is 0 Å². The molecule has 2 atom stereocenters. The topological polar surface area (TPSA) is 52.6 Å². The van der Waals surface area contributed by atoms with Gasteiger partial charge >= 0.3 is 0 Å². The summed E-state index contributed by atoms with van der Waals surface area (Å²) < 4.78 is 14.7. The van der Waals surface area contributed by atoms with Crippen LogP contribution in [0.3, 0.4) is 0 Å². The lowest BCUT2D eigenvalue weighted by atomic mass is 9.86. The first-order valence-corrected chi connectivity index (χ1v) is 8.40. The molecule has 140 valence electrons. The molecule has 0 radical (unpaired) electrons. The Balaban J connectivity index is 0.00000243. The Morgan fingerprint density at radius 2 is 1.81 bits per heavy atom. The van der Waals surface area contributed by atoms with Crippen molar-refractivity contribution in [2.45, 2.75) is 31.4 Å². The monoisotopic (exact) mass is 378 g/mol. The van der Waals surface area contributed by atoms with Crippen LogP contribution >= 0.6 is 12.4 Å². The molecule has 0 saturated carbocycles. The van der Waals surface area contributed by atoms with Gasteiger partial charge < -0.3 is 10.4 Å². The molecule has 2 aromatic rings. The minimum absolute atomic E-state index is 0.